The minimum Gasteiger partial charge on any atom is -0.349 e. The van der Waals surface area contributed by atoms with Crippen LogP contribution in [-0.4, -0.2) is 17.1 Å². The Morgan fingerprint density at radius 2 is 2.10 bits per heavy atom. The van der Waals surface area contributed by atoms with E-state index in [0.717, 1.165) is 5.56 Å². The molecule has 3 nitrogen and oxygen atoms in total. The maximum atomic E-state index is 12.1. The third-order valence-electron chi connectivity index (χ3n) is 2.76. The van der Waals surface area contributed by atoms with Crippen LogP contribution >= 0.6 is 0 Å². The molecular weight excluding hydrogens is 269 g/mol. The Balaban J connectivity index is 2.64. The summed E-state index contributed by atoms with van der Waals surface area (Å²) >= 11 is 0. The molecule has 1 N–H and O–H groups in total. The molecule has 0 radical (unpaired) electrons. The van der Waals surface area contributed by atoms with E-state index in [1.165, 1.54) is 0 Å². The molecule has 0 aliphatic heterocycles. The molecule has 20 heavy (non-hydrogen) atoms. The quantitative estimate of drug-likeness (QED) is 0.868. The highest BCUT2D eigenvalue weighted by Crippen LogP contribution is 2.23. The number of hydrogen-bond acceptors (Lipinski definition) is 2. The summed E-state index contributed by atoms with van der Waals surface area (Å²) in [5, 5.41) is 2.66. The van der Waals surface area contributed by atoms with E-state index in [1.807, 2.05) is 19.9 Å². The van der Waals surface area contributed by atoms with Crippen molar-refractivity contribution in [2.45, 2.75) is 45.3 Å². The van der Waals surface area contributed by atoms with Crippen molar-refractivity contribution >= 4 is 5.91 Å². The van der Waals surface area contributed by atoms with E-state index in [4.69, 9.17) is 0 Å². The summed E-state index contributed by atoms with van der Waals surface area (Å²) in [6.07, 6.45) is -2.06. The molecule has 0 unspecified atom stereocenters. The zero-order chi connectivity index (χ0) is 15.2. The van der Waals surface area contributed by atoms with Crippen molar-refractivity contribution in [2.75, 3.05) is 0 Å². The molecule has 1 aromatic heterocycles. The van der Waals surface area contributed by atoms with Gasteiger partial charge in [-0.15, -0.1) is 0 Å². The van der Waals surface area contributed by atoms with Gasteiger partial charge in [0.2, 0.25) is 5.91 Å². The minimum atomic E-state index is -4.31. The van der Waals surface area contributed by atoms with E-state index in [0.29, 0.717) is 12.3 Å². The maximum absolute atomic E-state index is 12.1. The second kappa shape index (κ2) is 7.26. The van der Waals surface area contributed by atoms with Crippen molar-refractivity contribution in [1.29, 1.82) is 0 Å². The zero-order valence-corrected chi connectivity index (χ0v) is 11.6. The Hall–Kier alpha value is -1.59. The van der Waals surface area contributed by atoms with Crippen molar-refractivity contribution < 1.29 is 18.0 Å². The molecule has 0 spiro atoms. The van der Waals surface area contributed by atoms with Crippen LogP contribution in [0.4, 0.5) is 13.2 Å². The number of pyridine rings is 1. The highest BCUT2D eigenvalue weighted by Gasteiger charge is 2.28. The van der Waals surface area contributed by atoms with Crippen molar-refractivity contribution in [2.24, 2.45) is 5.92 Å². The van der Waals surface area contributed by atoms with Crippen LogP contribution in [0, 0.1) is 5.92 Å². The smallest absolute Gasteiger partial charge is 0.349 e. The minimum absolute atomic E-state index is 0.301. The van der Waals surface area contributed by atoms with Crippen LogP contribution in [0.3, 0.4) is 0 Å². The third kappa shape index (κ3) is 6.54. The van der Waals surface area contributed by atoms with Gasteiger partial charge < -0.3 is 5.32 Å². The van der Waals surface area contributed by atoms with Crippen molar-refractivity contribution in [1.82, 2.24) is 10.3 Å². The fourth-order valence-electron chi connectivity index (χ4n) is 1.85. The number of nitrogens with one attached hydrogen (secondary N) is 1. The van der Waals surface area contributed by atoms with Gasteiger partial charge in [-0.2, -0.15) is 13.2 Å². The average Bonchev–Trinajstić information content (AvgIpc) is 2.35. The Labute approximate surface area is 116 Å². The van der Waals surface area contributed by atoms with Crippen LogP contribution in [0.5, 0.6) is 0 Å². The van der Waals surface area contributed by atoms with Crippen molar-refractivity contribution in [3.63, 3.8) is 0 Å². The molecule has 0 aromatic carbocycles. The monoisotopic (exact) mass is 288 g/mol. The molecule has 6 heteroatoms. The molecule has 0 fully saturated rings. The maximum Gasteiger partial charge on any atom is 0.389 e. The average molecular weight is 288 g/mol. The summed E-state index contributed by atoms with van der Waals surface area (Å²) in [5.41, 5.74) is 0.807. The second-order valence-electron chi connectivity index (χ2n) is 5.15. The van der Waals surface area contributed by atoms with E-state index in [-0.39, 0.29) is 6.04 Å². The Morgan fingerprint density at radius 1 is 1.40 bits per heavy atom. The molecule has 0 saturated heterocycles. The van der Waals surface area contributed by atoms with Gasteiger partial charge in [-0.3, -0.25) is 9.78 Å². The van der Waals surface area contributed by atoms with Crippen LogP contribution in [0.1, 0.15) is 44.7 Å². The molecule has 1 heterocycles. The zero-order valence-electron chi connectivity index (χ0n) is 11.6. The lowest BCUT2D eigenvalue weighted by molar-refractivity contribution is -0.144. The normalized spacial score (nSPS) is 13.3. The predicted molar refractivity (Wildman–Crippen MR) is 69.9 cm³/mol. The van der Waals surface area contributed by atoms with Crippen LogP contribution in [0.25, 0.3) is 0 Å². The molecule has 0 saturated carbocycles. The van der Waals surface area contributed by atoms with Gasteiger partial charge in [-0.1, -0.05) is 19.9 Å². The van der Waals surface area contributed by atoms with E-state index >= 15 is 0 Å². The number of rotatable bonds is 6. The van der Waals surface area contributed by atoms with Gasteiger partial charge in [0.1, 0.15) is 0 Å². The number of hydrogen-bond donors (Lipinski definition) is 1. The van der Waals surface area contributed by atoms with Crippen LogP contribution in [0.2, 0.25) is 0 Å². The molecule has 112 valence electrons. The Bertz CT molecular complexity index is 418. The van der Waals surface area contributed by atoms with Gasteiger partial charge in [0.15, 0.2) is 0 Å². The summed E-state index contributed by atoms with van der Waals surface area (Å²) in [5.74, 6) is -0.278. The molecular formula is C14H19F3N2O. The fraction of sp³-hybridized carbons (Fsp3) is 0.571. The predicted octanol–water partition coefficient (Wildman–Crippen LogP) is 3.63. The lowest BCUT2D eigenvalue weighted by Gasteiger charge is -2.21. The molecule has 1 atom stereocenters. The first-order valence-electron chi connectivity index (χ1n) is 6.54. The van der Waals surface area contributed by atoms with Gasteiger partial charge in [-0.25, -0.2) is 0 Å². The largest absolute Gasteiger partial charge is 0.389 e. The first-order chi connectivity index (χ1) is 9.28. The number of aromatic nitrogens is 1. The lowest BCUT2D eigenvalue weighted by Crippen LogP contribution is -2.30. The van der Waals surface area contributed by atoms with Crippen molar-refractivity contribution in [3.8, 4) is 0 Å². The Morgan fingerprint density at radius 3 is 2.60 bits per heavy atom. The van der Waals surface area contributed by atoms with Crippen LogP contribution < -0.4 is 5.32 Å². The molecule has 1 amide bonds. The summed E-state index contributed by atoms with van der Waals surface area (Å²) in [6, 6.07) is 3.25. The number of carbonyl (C=O) groups excluding carboxylic acids is 1. The number of nitrogens with zero attached hydrogens (tertiary/aromatic N) is 1. The first-order valence-corrected chi connectivity index (χ1v) is 6.54. The lowest BCUT2D eigenvalue weighted by atomic mass is 9.98. The summed E-state index contributed by atoms with van der Waals surface area (Å²) in [6.45, 7) is 3.98. The fourth-order valence-corrected chi connectivity index (χ4v) is 1.85. The standard InChI is InChI=1S/C14H19F3N2O/c1-10(2)8-12(11-4-3-7-18-9-11)19-13(20)5-6-14(15,16)17/h3-4,7,9-10,12H,5-6,8H2,1-2H3,(H,19,20)/t12-/m0/s1. The highest BCUT2D eigenvalue weighted by atomic mass is 19.4. The topological polar surface area (TPSA) is 42.0 Å². The number of carbonyl (C=O) groups is 1. The van der Waals surface area contributed by atoms with Gasteiger partial charge >= 0.3 is 6.18 Å². The number of alkyl halides is 3. The van der Waals surface area contributed by atoms with Gasteiger partial charge in [-0.05, 0) is 24.0 Å². The number of amides is 1. The van der Waals surface area contributed by atoms with E-state index in [1.54, 1.807) is 18.5 Å². The van der Waals surface area contributed by atoms with E-state index < -0.39 is 24.9 Å². The summed E-state index contributed by atoms with van der Waals surface area (Å²) in [7, 11) is 0. The van der Waals surface area contributed by atoms with E-state index in [9.17, 15) is 18.0 Å². The molecule has 0 bridgehead atoms. The third-order valence-corrected chi connectivity index (χ3v) is 2.76. The molecule has 0 aliphatic rings. The molecule has 0 aliphatic carbocycles. The van der Waals surface area contributed by atoms with Gasteiger partial charge in [0.05, 0.1) is 12.5 Å². The van der Waals surface area contributed by atoms with Crippen LogP contribution in [-0.2, 0) is 4.79 Å². The summed E-state index contributed by atoms with van der Waals surface area (Å²) < 4.78 is 36.3. The number of halogens is 3. The van der Waals surface area contributed by atoms with Crippen LogP contribution in [0.15, 0.2) is 24.5 Å². The summed E-state index contributed by atoms with van der Waals surface area (Å²) in [4.78, 5) is 15.6. The van der Waals surface area contributed by atoms with Gasteiger partial charge in [0, 0.05) is 18.8 Å². The highest BCUT2D eigenvalue weighted by molar-refractivity contribution is 5.76. The molecule has 1 rings (SSSR count). The van der Waals surface area contributed by atoms with Crippen molar-refractivity contribution in [3.05, 3.63) is 30.1 Å². The SMILES string of the molecule is CC(C)C[C@H](NC(=O)CCC(F)(F)F)c1cccnc1. The molecule has 1 aromatic rings. The van der Waals surface area contributed by atoms with E-state index in [2.05, 4.69) is 10.3 Å². The Kier molecular flexibility index (Phi) is 5.98. The second-order valence-corrected chi connectivity index (χ2v) is 5.15. The van der Waals surface area contributed by atoms with Gasteiger partial charge in [0.25, 0.3) is 0 Å². The first kappa shape index (κ1) is 16.5.